The van der Waals surface area contributed by atoms with Crippen molar-refractivity contribution >= 4 is 44.8 Å². The van der Waals surface area contributed by atoms with Crippen molar-refractivity contribution in [1.82, 2.24) is 9.88 Å². The van der Waals surface area contributed by atoms with E-state index in [1.165, 1.54) is 16.8 Å². The van der Waals surface area contributed by atoms with Crippen molar-refractivity contribution in [2.45, 2.75) is 6.42 Å². The van der Waals surface area contributed by atoms with Crippen molar-refractivity contribution in [2.75, 3.05) is 49.5 Å². The molecule has 0 amide bonds. The molecule has 0 aliphatic carbocycles. The zero-order valence-corrected chi connectivity index (χ0v) is 18.5. The van der Waals surface area contributed by atoms with Crippen LogP contribution in [0.3, 0.4) is 0 Å². The molecule has 164 valence electrons. The number of piperazine rings is 1. The first kappa shape index (κ1) is 20.8. The molecule has 7 heteroatoms. The quantitative estimate of drug-likeness (QED) is 0.343. The summed E-state index contributed by atoms with van der Waals surface area (Å²) in [6.45, 7) is 5.74. The number of hydrogen-bond donors (Lipinski definition) is 1. The second-order valence-electron chi connectivity index (χ2n) is 8.08. The van der Waals surface area contributed by atoms with Crippen LogP contribution in [0.25, 0.3) is 21.7 Å². The van der Waals surface area contributed by atoms with Gasteiger partial charge in [0.2, 0.25) is 0 Å². The van der Waals surface area contributed by atoms with Gasteiger partial charge in [-0.05, 0) is 42.6 Å². The van der Waals surface area contributed by atoms with Crippen LogP contribution >= 0.6 is 11.6 Å². The molecule has 2 aromatic carbocycles. The van der Waals surface area contributed by atoms with Crippen molar-refractivity contribution in [3.63, 3.8) is 0 Å². The highest BCUT2D eigenvalue weighted by molar-refractivity contribution is 6.31. The number of nitrogens with zero attached hydrogens (tertiary/aromatic N) is 3. The third kappa shape index (κ3) is 4.42. The summed E-state index contributed by atoms with van der Waals surface area (Å²) in [7, 11) is 0. The molecule has 0 unspecified atom stereocenters. The number of benzene rings is 2. The number of pyridine rings is 1. The summed E-state index contributed by atoms with van der Waals surface area (Å²) >= 11 is 6.12. The first-order valence-corrected chi connectivity index (χ1v) is 11.3. The van der Waals surface area contributed by atoms with E-state index in [2.05, 4.69) is 50.4 Å². The summed E-state index contributed by atoms with van der Waals surface area (Å²) in [5, 5.41) is 7.28. The molecule has 2 aromatic heterocycles. The highest BCUT2D eigenvalue weighted by atomic mass is 35.5. The minimum atomic E-state index is -0.361. The minimum absolute atomic E-state index is 0.361. The number of anilines is 2. The van der Waals surface area contributed by atoms with Gasteiger partial charge in [-0.2, -0.15) is 0 Å². The number of fused-ring (bicyclic) bond motifs is 2. The summed E-state index contributed by atoms with van der Waals surface area (Å²) in [4.78, 5) is 21.4. The van der Waals surface area contributed by atoms with Gasteiger partial charge < -0.3 is 14.6 Å². The van der Waals surface area contributed by atoms with E-state index in [0.717, 1.165) is 62.6 Å². The molecule has 3 heterocycles. The fourth-order valence-electron chi connectivity index (χ4n) is 4.35. The van der Waals surface area contributed by atoms with Crippen LogP contribution in [0.5, 0.6) is 0 Å². The van der Waals surface area contributed by atoms with Crippen LogP contribution in [0.4, 0.5) is 11.5 Å². The smallest absolute Gasteiger partial charge is 0.338 e. The maximum Gasteiger partial charge on any atom is 0.338 e. The zero-order valence-electron chi connectivity index (χ0n) is 17.8. The largest absolute Gasteiger partial charge is 0.423 e. The summed E-state index contributed by atoms with van der Waals surface area (Å²) in [5.41, 5.74) is 0.952. The van der Waals surface area contributed by atoms with E-state index in [0.29, 0.717) is 10.6 Å². The van der Waals surface area contributed by atoms with Gasteiger partial charge in [-0.15, -0.1) is 0 Å². The van der Waals surface area contributed by atoms with Crippen LogP contribution in [0.2, 0.25) is 5.02 Å². The molecular weight excluding hydrogens is 424 g/mol. The fourth-order valence-corrected chi connectivity index (χ4v) is 4.52. The summed E-state index contributed by atoms with van der Waals surface area (Å²) in [6, 6.07) is 17.3. The van der Waals surface area contributed by atoms with E-state index in [1.54, 1.807) is 12.1 Å². The first-order valence-electron chi connectivity index (χ1n) is 11.0. The summed E-state index contributed by atoms with van der Waals surface area (Å²) in [5.74, 6) is 1.08. The third-order valence-electron chi connectivity index (χ3n) is 6.00. The molecule has 0 bridgehead atoms. The lowest BCUT2D eigenvalue weighted by Crippen LogP contribution is -2.47. The lowest BCUT2D eigenvalue weighted by Gasteiger charge is -2.35. The molecule has 5 rings (SSSR count). The molecule has 32 heavy (non-hydrogen) atoms. The van der Waals surface area contributed by atoms with E-state index in [1.807, 2.05) is 12.3 Å². The Morgan fingerprint density at radius 2 is 1.84 bits per heavy atom. The number of aromatic nitrogens is 1. The number of rotatable bonds is 6. The Labute approximate surface area is 191 Å². The van der Waals surface area contributed by atoms with Gasteiger partial charge in [-0.25, -0.2) is 9.78 Å². The molecule has 0 atom stereocenters. The van der Waals surface area contributed by atoms with Crippen molar-refractivity contribution < 1.29 is 4.42 Å². The molecule has 1 fully saturated rings. The molecule has 1 N–H and O–H groups in total. The van der Waals surface area contributed by atoms with Gasteiger partial charge in [0.15, 0.2) is 0 Å². The van der Waals surface area contributed by atoms with Crippen molar-refractivity contribution in [3.05, 3.63) is 76.2 Å². The Morgan fingerprint density at radius 3 is 2.72 bits per heavy atom. The van der Waals surface area contributed by atoms with Crippen LogP contribution in [-0.4, -0.2) is 49.2 Å². The van der Waals surface area contributed by atoms with Gasteiger partial charge in [0.1, 0.15) is 11.4 Å². The van der Waals surface area contributed by atoms with E-state index >= 15 is 0 Å². The van der Waals surface area contributed by atoms with Crippen LogP contribution in [0.15, 0.2) is 70.0 Å². The van der Waals surface area contributed by atoms with Crippen molar-refractivity contribution in [1.29, 1.82) is 0 Å². The zero-order chi connectivity index (χ0) is 21.9. The van der Waals surface area contributed by atoms with Crippen LogP contribution in [0.1, 0.15) is 6.42 Å². The fraction of sp³-hybridized carbons (Fsp3) is 0.280. The molecule has 6 nitrogen and oxygen atoms in total. The summed E-state index contributed by atoms with van der Waals surface area (Å²) in [6.07, 6.45) is 2.88. The number of halogens is 1. The third-order valence-corrected chi connectivity index (χ3v) is 6.23. The Bertz CT molecular complexity index is 1290. The normalized spacial score (nSPS) is 14.8. The van der Waals surface area contributed by atoms with Gasteiger partial charge in [-0.1, -0.05) is 35.9 Å². The van der Waals surface area contributed by atoms with Gasteiger partial charge >= 0.3 is 5.63 Å². The lowest BCUT2D eigenvalue weighted by molar-refractivity contribution is 0.257. The molecule has 1 aliphatic rings. The maximum atomic E-state index is 11.8. The van der Waals surface area contributed by atoms with E-state index in [4.69, 9.17) is 16.0 Å². The van der Waals surface area contributed by atoms with Crippen LogP contribution < -0.4 is 15.8 Å². The lowest BCUT2D eigenvalue weighted by atomic mass is 10.1. The van der Waals surface area contributed by atoms with E-state index in [9.17, 15) is 4.79 Å². The molecule has 1 saturated heterocycles. The van der Waals surface area contributed by atoms with Crippen molar-refractivity contribution in [2.24, 2.45) is 0 Å². The minimum Gasteiger partial charge on any atom is -0.423 e. The topological polar surface area (TPSA) is 61.6 Å². The van der Waals surface area contributed by atoms with Crippen molar-refractivity contribution in [3.8, 4) is 0 Å². The Morgan fingerprint density at radius 1 is 1.00 bits per heavy atom. The average Bonchev–Trinajstić information content (AvgIpc) is 2.82. The number of nitrogens with one attached hydrogen (secondary N) is 1. The van der Waals surface area contributed by atoms with Gasteiger partial charge in [0.25, 0.3) is 0 Å². The molecule has 0 radical (unpaired) electrons. The molecule has 4 aromatic rings. The predicted molar refractivity (Wildman–Crippen MR) is 131 cm³/mol. The monoisotopic (exact) mass is 448 g/mol. The maximum absolute atomic E-state index is 11.8. The Hall–Kier alpha value is -3.09. The molecule has 1 aliphatic heterocycles. The van der Waals surface area contributed by atoms with Crippen LogP contribution in [0, 0.1) is 0 Å². The van der Waals surface area contributed by atoms with Gasteiger partial charge in [-0.3, -0.25) is 4.90 Å². The second kappa shape index (κ2) is 9.18. The van der Waals surface area contributed by atoms with Gasteiger partial charge in [0, 0.05) is 60.8 Å². The highest BCUT2D eigenvalue weighted by Crippen LogP contribution is 2.26. The molecular formula is C25H25ClN4O2. The van der Waals surface area contributed by atoms with E-state index < -0.39 is 0 Å². The average molecular weight is 449 g/mol. The number of hydrogen-bond acceptors (Lipinski definition) is 6. The first-order chi connectivity index (χ1) is 15.7. The van der Waals surface area contributed by atoms with E-state index in [-0.39, 0.29) is 5.63 Å². The Balaban J connectivity index is 1.15. The SMILES string of the molecule is O=c1cc(NCCCN2CCN(c3nccc4ccccc34)CC2)c2cc(Cl)ccc2o1. The predicted octanol–water partition coefficient (Wildman–Crippen LogP) is 4.62. The Kier molecular flexibility index (Phi) is 5.97. The molecule has 0 saturated carbocycles. The molecule has 0 spiro atoms. The highest BCUT2D eigenvalue weighted by Gasteiger charge is 2.19. The summed E-state index contributed by atoms with van der Waals surface area (Å²) < 4.78 is 5.26. The second-order valence-corrected chi connectivity index (χ2v) is 8.52. The van der Waals surface area contributed by atoms with Crippen LogP contribution in [-0.2, 0) is 0 Å². The van der Waals surface area contributed by atoms with Gasteiger partial charge in [0.05, 0.1) is 5.69 Å². The standard InChI is InChI=1S/C25H25ClN4O2/c26-19-6-7-23-21(16-19)22(17-24(31)32-23)27-9-3-11-29-12-14-30(15-13-29)25-20-5-2-1-4-18(20)8-10-28-25/h1-2,4-8,10,16-17,27H,3,9,11-15H2.